The summed E-state index contributed by atoms with van der Waals surface area (Å²) in [4.78, 5) is 15.5. The molecule has 19 heavy (non-hydrogen) atoms. The van der Waals surface area contributed by atoms with E-state index in [1.54, 1.807) is 18.0 Å². The monoisotopic (exact) mass is 265 g/mol. The second kappa shape index (κ2) is 5.67. The van der Waals surface area contributed by atoms with Crippen LogP contribution >= 0.6 is 0 Å². The number of rotatable bonds is 3. The van der Waals surface area contributed by atoms with Crippen molar-refractivity contribution < 1.29 is 9.18 Å². The molecule has 1 saturated heterocycles. The van der Waals surface area contributed by atoms with Crippen LogP contribution in [-0.4, -0.2) is 48.4 Å². The van der Waals surface area contributed by atoms with E-state index in [9.17, 15) is 9.18 Å². The van der Waals surface area contributed by atoms with Crippen LogP contribution in [0, 0.1) is 5.82 Å². The molecule has 1 aliphatic heterocycles. The molecule has 1 aromatic carbocycles. The van der Waals surface area contributed by atoms with E-state index in [2.05, 4.69) is 0 Å². The average Bonchev–Trinajstić information content (AvgIpc) is 2.33. The number of likely N-dealkylation sites (N-methyl/N-ethyl adjacent to an activating group) is 1. The molecule has 0 saturated carbocycles. The van der Waals surface area contributed by atoms with Gasteiger partial charge in [-0.25, -0.2) is 4.39 Å². The zero-order valence-electron chi connectivity index (χ0n) is 11.3. The predicted molar refractivity (Wildman–Crippen MR) is 72.0 cm³/mol. The highest BCUT2D eigenvalue weighted by molar-refractivity contribution is 5.78. The first kappa shape index (κ1) is 14.0. The Kier molecular flexibility index (Phi) is 4.17. The molecule has 1 aliphatic rings. The lowest BCUT2D eigenvalue weighted by molar-refractivity contribution is -0.135. The third-order valence-corrected chi connectivity index (χ3v) is 3.57. The molecule has 1 amide bonds. The summed E-state index contributed by atoms with van der Waals surface area (Å²) in [6.45, 7) is 3.65. The van der Waals surface area contributed by atoms with Gasteiger partial charge in [0.2, 0.25) is 5.91 Å². The summed E-state index contributed by atoms with van der Waals surface area (Å²) < 4.78 is 13.4. The second-order valence-corrected chi connectivity index (χ2v) is 5.14. The van der Waals surface area contributed by atoms with Gasteiger partial charge in [-0.2, -0.15) is 0 Å². The highest BCUT2D eigenvalue weighted by Crippen LogP contribution is 2.25. The smallest absolute Gasteiger partial charge is 0.236 e. The number of benzene rings is 1. The van der Waals surface area contributed by atoms with Crippen LogP contribution < -0.4 is 5.73 Å². The van der Waals surface area contributed by atoms with Crippen LogP contribution in [0.5, 0.6) is 0 Å². The van der Waals surface area contributed by atoms with Gasteiger partial charge in [0.1, 0.15) is 5.82 Å². The van der Waals surface area contributed by atoms with Crippen molar-refractivity contribution in [2.45, 2.75) is 19.0 Å². The minimum Gasteiger partial charge on any atom is -0.343 e. The number of amides is 1. The van der Waals surface area contributed by atoms with E-state index in [-0.39, 0.29) is 23.8 Å². The van der Waals surface area contributed by atoms with Gasteiger partial charge in [0.25, 0.3) is 0 Å². The molecule has 104 valence electrons. The van der Waals surface area contributed by atoms with Crippen LogP contribution in [0.15, 0.2) is 24.3 Å². The molecule has 0 spiro atoms. The first-order valence-corrected chi connectivity index (χ1v) is 6.48. The van der Waals surface area contributed by atoms with Gasteiger partial charge < -0.3 is 10.6 Å². The summed E-state index contributed by atoms with van der Waals surface area (Å²) in [7, 11) is 1.79. The lowest BCUT2D eigenvalue weighted by atomic mass is 9.98. The molecular formula is C14H20FN3O. The molecule has 0 aromatic heterocycles. The number of nitrogens with zero attached hydrogens (tertiary/aromatic N) is 2. The maximum atomic E-state index is 13.4. The van der Waals surface area contributed by atoms with Crippen molar-refractivity contribution in [1.29, 1.82) is 0 Å². The van der Waals surface area contributed by atoms with Crippen molar-refractivity contribution in [3.8, 4) is 0 Å². The van der Waals surface area contributed by atoms with Crippen LogP contribution in [0.25, 0.3) is 0 Å². The van der Waals surface area contributed by atoms with Gasteiger partial charge in [-0.3, -0.25) is 9.69 Å². The van der Waals surface area contributed by atoms with Crippen LogP contribution in [0.2, 0.25) is 0 Å². The fourth-order valence-corrected chi connectivity index (χ4v) is 2.55. The maximum absolute atomic E-state index is 13.4. The van der Waals surface area contributed by atoms with E-state index in [1.165, 1.54) is 12.1 Å². The van der Waals surface area contributed by atoms with Crippen LogP contribution in [0.1, 0.15) is 18.5 Å². The number of hydrogen-bond donors (Lipinski definition) is 1. The van der Waals surface area contributed by atoms with E-state index in [0.29, 0.717) is 13.1 Å². The lowest BCUT2D eigenvalue weighted by Gasteiger charge is -2.39. The minimum absolute atomic E-state index is 0.0771. The normalized spacial score (nSPS) is 20.4. The van der Waals surface area contributed by atoms with Crippen molar-refractivity contribution in [3.63, 3.8) is 0 Å². The van der Waals surface area contributed by atoms with Crippen molar-refractivity contribution in [1.82, 2.24) is 9.80 Å². The number of carbonyl (C=O) groups is 1. The molecule has 1 fully saturated rings. The molecule has 4 nitrogen and oxygen atoms in total. The Labute approximate surface area is 113 Å². The summed E-state index contributed by atoms with van der Waals surface area (Å²) in [6.07, 6.45) is 0. The zero-order valence-corrected chi connectivity index (χ0v) is 11.3. The topological polar surface area (TPSA) is 49.6 Å². The van der Waals surface area contributed by atoms with E-state index in [1.807, 2.05) is 17.9 Å². The quantitative estimate of drug-likeness (QED) is 0.886. The molecule has 0 aliphatic carbocycles. The average molecular weight is 265 g/mol. The number of nitrogens with two attached hydrogens (primary N) is 1. The summed E-state index contributed by atoms with van der Waals surface area (Å²) in [5.41, 5.74) is 6.87. The van der Waals surface area contributed by atoms with Crippen molar-refractivity contribution >= 4 is 5.91 Å². The Morgan fingerprint density at radius 1 is 1.37 bits per heavy atom. The van der Waals surface area contributed by atoms with Gasteiger partial charge in [0, 0.05) is 26.2 Å². The Hall–Kier alpha value is -1.46. The van der Waals surface area contributed by atoms with E-state index < -0.39 is 0 Å². The van der Waals surface area contributed by atoms with Crippen molar-refractivity contribution in [3.05, 3.63) is 35.6 Å². The van der Waals surface area contributed by atoms with Crippen molar-refractivity contribution in [2.24, 2.45) is 5.73 Å². The van der Waals surface area contributed by atoms with E-state index in [4.69, 9.17) is 5.73 Å². The molecular weight excluding hydrogens is 245 g/mol. The molecule has 1 aromatic rings. The van der Waals surface area contributed by atoms with Gasteiger partial charge in [-0.15, -0.1) is 0 Å². The van der Waals surface area contributed by atoms with Crippen LogP contribution in [0.4, 0.5) is 4.39 Å². The standard InChI is InChI=1S/C14H20FN3O/c1-10(16)14(11-4-3-5-12(15)8-11)18-7-6-17(2)13(19)9-18/h3-5,8,10,14H,6-7,9,16H2,1-2H3. The van der Waals surface area contributed by atoms with Gasteiger partial charge in [0.05, 0.1) is 12.6 Å². The third-order valence-electron chi connectivity index (χ3n) is 3.57. The zero-order chi connectivity index (χ0) is 14.0. The van der Waals surface area contributed by atoms with Gasteiger partial charge >= 0.3 is 0 Å². The third kappa shape index (κ3) is 3.11. The van der Waals surface area contributed by atoms with Crippen molar-refractivity contribution in [2.75, 3.05) is 26.7 Å². The maximum Gasteiger partial charge on any atom is 0.236 e. The summed E-state index contributed by atoms with van der Waals surface area (Å²) in [5, 5.41) is 0. The highest BCUT2D eigenvalue weighted by Gasteiger charge is 2.30. The van der Waals surface area contributed by atoms with Crippen LogP contribution in [0.3, 0.4) is 0 Å². The first-order valence-electron chi connectivity index (χ1n) is 6.48. The fraction of sp³-hybridized carbons (Fsp3) is 0.500. The lowest BCUT2D eigenvalue weighted by Crippen LogP contribution is -2.52. The van der Waals surface area contributed by atoms with Crippen LogP contribution in [-0.2, 0) is 4.79 Å². The Bertz CT molecular complexity index is 464. The number of hydrogen-bond acceptors (Lipinski definition) is 3. The fourth-order valence-electron chi connectivity index (χ4n) is 2.55. The SMILES string of the molecule is CC(N)C(c1cccc(F)c1)N1CCN(C)C(=O)C1. The largest absolute Gasteiger partial charge is 0.343 e. The molecule has 2 rings (SSSR count). The Morgan fingerprint density at radius 2 is 2.11 bits per heavy atom. The molecule has 0 bridgehead atoms. The van der Waals surface area contributed by atoms with E-state index >= 15 is 0 Å². The number of piperazine rings is 1. The number of halogens is 1. The van der Waals surface area contributed by atoms with Gasteiger partial charge in [0.15, 0.2) is 0 Å². The van der Waals surface area contributed by atoms with Gasteiger partial charge in [-0.05, 0) is 24.6 Å². The van der Waals surface area contributed by atoms with E-state index in [0.717, 1.165) is 12.1 Å². The molecule has 2 N–H and O–H groups in total. The minimum atomic E-state index is -0.274. The molecule has 0 radical (unpaired) electrons. The summed E-state index contributed by atoms with van der Waals surface area (Å²) in [5.74, 6) is -0.197. The molecule has 1 heterocycles. The summed E-state index contributed by atoms with van der Waals surface area (Å²) in [6, 6.07) is 6.15. The molecule has 5 heteroatoms. The second-order valence-electron chi connectivity index (χ2n) is 5.14. The number of carbonyl (C=O) groups excluding carboxylic acids is 1. The molecule has 2 unspecified atom stereocenters. The Balaban J connectivity index is 2.24. The highest BCUT2D eigenvalue weighted by atomic mass is 19.1. The Morgan fingerprint density at radius 3 is 2.68 bits per heavy atom. The predicted octanol–water partition coefficient (Wildman–Crippen LogP) is 0.988. The first-order chi connectivity index (χ1) is 8.99. The molecule has 2 atom stereocenters. The summed E-state index contributed by atoms with van der Waals surface area (Å²) >= 11 is 0. The van der Waals surface area contributed by atoms with Gasteiger partial charge in [-0.1, -0.05) is 12.1 Å².